The summed E-state index contributed by atoms with van der Waals surface area (Å²) in [6, 6.07) is 19.3. The molecule has 29 heavy (non-hydrogen) atoms. The van der Waals surface area contributed by atoms with Gasteiger partial charge in [0.05, 0.1) is 0 Å². The minimum absolute atomic E-state index is 0.142. The highest BCUT2D eigenvalue weighted by Crippen LogP contribution is 2.19. The number of ether oxygens (including phenoxy) is 1. The van der Waals surface area contributed by atoms with Crippen molar-refractivity contribution in [2.45, 2.75) is 13.8 Å². The van der Waals surface area contributed by atoms with E-state index in [0.29, 0.717) is 22.0 Å². The van der Waals surface area contributed by atoms with Crippen LogP contribution in [0.4, 0.5) is 11.4 Å². The molecule has 0 bridgehead atoms. The zero-order valence-corrected chi connectivity index (χ0v) is 16.9. The van der Waals surface area contributed by atoms with Gasteiger partial charge in [-0.3, -0.25) is 9.59 Å². The van der Waals surface area contributed by atoms with Crippen LogP contribution < -0.4 is 15.4 Å². The van der Waals surface area contributed by atoms with Gasteiger partial charge < -0.3 is 15.4 Å². The van der Waals surface area contributed by atoms with E-state index in [-0.39, 0.29) is 18.4 Å². The number of carbonyl (C=O) groups excluding carboxylic acids is 2. The summed E-state index contributed by atoms with van der Waals surface area (Å²) in [7, 11) is 0. The Morgan fingerprint density at radius 3 is 2.24 bits per heavy atom. The van der Waals surface area contributed by atoms with E-state index in [1.165, 1.54) is 0 Å². The Kier molecular flexibility index (Phi) is 6.52. The van der Waals surface area contributed by atoms with Gasteiger partial charge in [-0.2, -0.15) is 0 Å². The molecule has 2 N–H and O–H groups in total. The van der Waals surface area contributed by atoms with E-state index in [1.807, 2.05) is 32.0 Å². The molecule has 0 aliphatic rings. The van der Waals surface area contributed by atoms with Crippen LogP contribution in [0.15, 0.2) is 66.7 Å². The van der Waals surface area contributed by atoms with Gasteiger partial charge >= 0.3 is 0 Å². The number of benzene rings is 3. The molecule has 6 heteroatoms. The van der Waals surface area contributed by atoms with E-state index in [1.54, 1.807) is 48.5 Å². The van der Waals surface area contributed by atoms with Crippen LogP contribution in [0.5, 0.6) is 5.75 Å². The molecule has 0 aromatic heterocycles. The van der Waals surface area contributed by atoms with Gasteiger partial charge in [0.15, 0.2) is 6.61 Å². The molecule has 148 valence electrons. The van der Waals surface area contributed by atoms with E-state index in [0.717, 1.165) is 16.8 Å². The molecule has 0 heterocycles. The van der Waals surface area contributed by atoms with Crippen molar-refractivity contribution in [2.75, 3.05) is 17.2 Å². The Bertz CT molecular complexity index is 1020. The van der Waals surface area contributed by atoms with E-state index in [4.69, 9.17) is 16.3 Å². The molecular weight excluding hydrogens is 388 g/mol. The third kappa shape index (κ3) is 5.83. The average Bonchev–Trinajstić information content (AvgIpc) is 2.70. The molecule has 0 spiro atoms. The first kappa shape index (κ1) is 20.4. The molecule has 0 unspecified atom stereocenters. The third-order valence-corrected chi connectivity index (χ3v) is 4.50. The van der Waals surface area contributed by atoms with Gasteiger partial charge in [0.25, 0.3) is 11.8 Å². The molecule has 3 rings (SSSR count). The largest absolute Gasteiger partial charge is 0.484 e. The van der Waals surface area contributed by atoms with Crippen molar-refractivity contribution in [3.8, 4) is 5.75 Å². The Labute approximate surface area is 174 Å². The minimum Gasteiger partial charge on any atom is -0.484 e. The molecule has 2 amide bonds. The Hall–Kier alpha value is -3.31. The smallest absolute Gasteiger partial charge is 0.262 e. The standard InChI is InChI=1S/C23H21ClN2O3/c1-15-3-12-21(16(2)13-15)26-23(28)17-4-10-20(11-5-17)29-14-22(27)25-19-8-6-18(24)7-9-19/h3-13H,14H2,1-2H3,(H,25,27)(H,26,28). The van der Waals surface area contributed by atoms with Crippen LogP contribution in [0.2, 0.25) is 5.02 Å². The average molecular weight is 409 g/mol. The summed E-state index contributed by atoms with van der Waals surface area (Å²) in [4.78, 5) is 24.4. The Morgan fingerprint density at radius 1 is 0.897 bits per heavy atom. The monoisotopic (exact) mass is 408 g/mol. The van der Waals surface area contributed by atoms with Gasteiger partial charge in [-0.15, -0.1) is 0 Å². The van der Waals surface area contributed by atoms with Crippen LogP contribution in [-0.2, 0) is 4.79 Å². The summed E-state index contributed by atoms with van der Waals surface area (Å²) in [5.74, 6) is 0.00675. The number of aryl methyl sites for hydroxylation is 2. The first-order chi connectivity index (χ1) is 13.9. The van der Waals surface area contributed by atoms with Crippen LogP contribution in [0.25, 0.3) is 0 Å². The molecule has 0 radical (unpaired) electrons. The maximum Gasteiger partial charge on any atom is 0.262 e. The van der Waals surface area contributed by atoms with Crippen molar-refractivity contribution >= 4 is 34.8 Å². The lowest BCUT2D eigenvalue weighted by atomic mass is 10.1. The lowest BCUT2D eigenvalue weighted by Gasteiger charge is -2.10. The van der Waals surface area contributed by atoms with Crippen molar-refractivity contribution in [1.29, 1.82) is 0 Å². The predicted octanol–water partition coefficient (Wildman–Crippen LogP) is 5.23. The van der Waals surface area contributed by atoms with Gasteiger partial charge in [0, 0.05) is 22.0 Å². The molecule has 3 aromatic rings. The summed E-state index contributed by atoms with van der Waals surface area (Å²) in [5.41, 5.74) is 4.07. The predicted molar refractivity (Wildman–Crippen MR) is 116 cm³/mol. The van der Waals surface area contributed by atoms with E-state index < -0.39 is 0 Å². The normalized spacial score (nSPS) is 10.3. The fourth-order valence-electron chi connectivity index (χ4n) is 2.73. The highest BCUT2D eigenvalue weighted by molar-refractivity contribution is 6.30. The number of nitrogens with one attached hydrogen (secondary N) is 2. The van der Waals surface area contributed by atoms with Gasteiger partial charge in [0.2, 0.25) is 0 Å². The second-order valence-electron chi connectivity index (χ2n) is 6.64. The van der Waals surface area contributed by atoms with Crippen LogP contribution in [0, 0.1) is 13.8 Å². The van der Waals surface area contributed by atoms with Crippen molar-refractivity contribution < 1.29 is 14.3 Å². The number of hydrogen-bond acceptors (Lipinski definition) is 3. The molecule has 0 aliphatic carbocycles. The molecule has 3 aromatic carbocycles. The van der Waals surface area contributed by atoms with Crippen molar-refractivity contribution in [1.82, 2.24) is 0 Å². The summed E-state index contributed by atoms with van der Waals surface area (Å²) in [6.45, 7) is 3.82. The van der Waals surface area contributed by atoms with Gasteiger partial charge in [0.1, 0.15) is 5.75 Å². The van der Waals surface area contributed by atoms with E-state index in [9.17, 15) is 9.59 Å². The van der Waals surface area contributed by atoms with E-state index in [2.05, 4.69) is 10.6 Å². The topological polar surface area (TPSA) is 67.4 Å². The van der Waals surface area contributed by atoms with Crippen molar-refractivity contribution in [3.05, 3.63) is 88.4 Å². The maximum absolute atomic E-state index is 12.4. The number of carbonyl (C=O) groups is 2. The number of anilines is 2. The Balaban J connectivity index is 1.53. The summed E-state index contributed by atoms with van der Waals surface area (Å²) in [6.07, 6.45) is 0. The maximum atomic E-state index is 12.4. The summed E-state index contributed by atoms with van der Waals surface area (Å²) in [5, 5.41) is 6.22. The second-order valence-corrected chi connectivity index (χ2v) is 7.08. The third-order valence-electron chi connectivity index (χ3n) is 4.24. The Morgan fingerprint density at radius 2 is 1.59 bits per heavy atom. The zero-order chi connectivity index (χ0) is 20.8. The van der Waals surface area contributed by atoms with Crippen LogP contribution in [0.1, 0.15) is 21.5 Å². The van der Waals surface area contributed by atoms with Gasteiger partial charge in [-0.05, 0) is 74.0 Å². The number of hydrogen-bond donors (Lipinski definition) is 2. The summed E-state index contributed by atoms with van der Waals surface area (Å²) < 4.78 is 5.48. The van der Waals surface area contributed by atoms with Crippen LogP contribution in [0.3, 0.4) is 0 Å². The highest BCUT2D eigenvalue weighted by atomic mass is 35.5. The first-order valence-electron chi connectivity index (χ1n) is 9.07. The van der Waals surface area contributed by atoms with Crippen molar-refractivity contribution in [2.24, 2.45) is 0 Å². The number of rotatable bonds is 6. The molecule has 0 atom stereocenters. The molecule has 0 fully saturated rings. The van der Waals surface area contributed by atoms with Crippen LogP contribution >= 0.6 is 11.6 Å². The minimum atomic E-state index is -0.288. The van der Waals surface area contributed by atoms with E-state index >= 15 is 0 Å². The number of halogens is 1. The quantitative estimate of drug-likeness (QED) is 0.587. The fraction of sp³-hybridized carbons (Fsp3) is 0.130. The lowest BCUT2D eigenvalue weighted by Crippen LogP contribution is -2.20. The van der Waals surface area contributed by atoms with Gasteiger partial charge in [-0.25, -0.2) is 0 Å². The second kappa shape index (κ2) is 9.26. The van der Waals surface area contributed by atoms with Crippen molar-refractivity contribution in [3.63, 3.8) is 0 Å². The molecule has 0 saturated heterocycles. The van der Waals surface area contributed by atoms with Crippen LogP contribution in [-0.4, -0.2) is 18.4 Å². The fourth-order valence-corrected chi connectivity index (χ4v) is 2.86. The molecule has 0 saturated carbocycles. The lowest BCUT2D eigenvalue weighted by molar-refractivity contribution is -0.118. The zero-order valence-electron chi connectivity index (χ0n) is 16.2. The number of amides is 2. The highest BCUT2D eigenvalue weighted by Gasteiger charge is 2.09. The molecule has 0 aliphatic heterocycles. The van der Waals surface area contributed by atoms with Gasteiger partial charge in [-0.1, -0.05) is 29.3 Å². The molecule has 5 nitrogen and oxygen atoms in total. The molecular formula is C23H21ClN2O3. The SMILES string of the molecule is Cc1ccc(NC(=O)c2ccc(OCC(=O)Nc3ccc(Cl)cc3)cc2)c(C)c1. The summed E-state index contributed by atoms with van der Waals surface area (Å²) >= 11 is 5.82. The first-order valence-corrected chi connectivity index (χ1v) is 9.45.